The van der Waals surface area contributed by atoms with Crippen LogP contribution in [0.5, 0.6) is 0 Å². The second kappa shape index (κ2) is 5.59. The molecule has 0 bridgehead atoms. The molecular formula is C16H25FN2. The molecule has 0 saturated heterocycles. The highest BCUT2D eigenvalue weighted by Crippen LogP contribution is 2.37. The van der Waals surface area contributed by atoms with Gasteiger partial charge >= 0.3 is 0 Å². The molecule has 1 aromatic carbocycles. The molecule has 3 heteroatoms. The Kier molecular flexibility index (Phi) is 4.26. The average Bonchev–Trinajstić information content (AvgIpc) is 2.69. The summed E-state index contributed by atoms with van der Waals surface area (Å²) < 4.78 is 13.9. The van der Waals surface area contributed by atoms with Crippen molar-refractivity contribution < 1.29 is 4.39 Å². The van der Waals surface area contributed by atoms with E-state index in [9.17, 15) is 4.39 Å². The van der Waals surface area contributed by atoms with Gasteiger partial charge in [0.2, 0.25) is 0 Å². The summed E-state index contributed by atoms with van der Waals surface area (Å²) in [6, 6.07) is 5.60. The van der Waals surface area contributed by atoms with Gasteiger partial charge in [0.15, 0.2) is 0 Å². The van der Waals surface area contributed by atoms with E-state index in [-0.39, 0.29) is 11.9 Å². The summed E-state index contributed by atoms with van der Waals surface area (Å²) in [7, 11) is 0. The highest BCUT2D eigenvalue weighted by Gasteiger charge is 2.32. The molecule has 0 aliphatic heterocycles. The van der Waals surface area contributed by atoms with Crippen LogP contribution in [0.1, 0.15) is 50.3 Å². The molecule has 2 rings (SSSR count). The molecule has 1 aliphatic carbocycles. The Bertz CT molecular complexity index is 442. The fourth-order valence-corrected chi connectivity index (χ4v) is 3.08. The predicted octanol–water partition coefficient (Wildman–Crippen LogP) is 3.30. The summed E-state index contributed by atoms with van der Waals surface area (Å²) in [5.41, 5.74) is 8.00. The van der Waals surface area contributed by atoms with Crippen LogP contribution in [0.15, 0.2) is 18.2 Å². The molecule has 1 saturated carbocycles. The van der Waals surface area contributed by atoms with Crippen LogP contribution in [0.2, 0.25) is 0 Å². The SMILES string of the molecule is Cc1ccc(F)c(C(CN)NC2CCC(C)(C)C2)c1. The first-order chi connectivity index (χ1) is 8.91. The van der Waals surface area contributed by atoms with Crippen LogP contribution < -0.4 is 11.1 Å². The Morgan fingerprint density at radius 3 is 2.79 bits per heavy atom. The number of nitrogens with one attached hydrogen (secondary N) is 1. The van der Waals surface area contributed by atoms with Gasteiger partial charge in [-0.25, -0.2) is 4.39 Å². The number of rotatable bonds is 4. The zero-order valence-electron chi connectivity index (χ0n) is 12.2. The van der Waals surface area contributed by atoms with Gasteiger partial charge in [0.1, 0.15) is 5.82 Å². The lowest BCUT2D eigenvalue weighted by Crippen LogP contribution is -2.36. The van der Waals surface area contributed by atoms with Gasteiger partial charge in [-0.1, -0.05) is 31.5 Å². The molecule has 1 aliphatic rings. The first-order valence-corrected chi connectivity index (χ1v) is 7.13. The van der Waals surface area contributed by atoms with Gasteiger partial charge in [-0.15, -0.1) is 0 Å². The van der Waals surface area contributed by atoms with Crippen molar-refractivity contribution in [3.63, 3.8) is 0 Å². The number of halogens is 1. The Hall–Kier alpha value is -0.930. The van der Waals surface area contributed by atoms with Crippen molar-refractivity contribution in [2.75, 3.05) is 6.54 Å². The van der Waals surface area contributed by atoms with Gasteiger partial charge in [-0.05, 0) is 37.7 Å². The Balaban J connectivity index is 2.10. The smallest absolute Gasteiger partial charge is 0.128 e. The maximum atomic E-state index is 13.9. The Morgan fingerprint density at radius 2 is 2.21 bits per heavy atom. The molecule has 3 N–H and O–H groups in total. The lowest BCUT2D eigenvalue weighted by molar-refractivity contribution is 0.351. The molecule has 1 fully saturated rings. The van der Waals surface area contributed by atoms with Crippen molar-refractivity contribution in [1.82, 2.24) is 5.32 Å². The van der Waals surface area contributed by atoms with Crippen molar-refractivity contribution in [2.24, 2.45) is 11.1 Å². The van der Waals surface area contributed by atoms with Gasteiger partial charge in [0.25, 0.3) is 0 Å². The lowest BCUT2D eigenvalue weighted by atomic mass is 9.91. The van der Waals surface area contributed by atoms with Crippen LogP contribution in [-0.2, 0) is 0 Å². The number of hydrogen-bond acceptors (Lipinski definition) is 2. The zero-order valence-corrected chi connectivity index (χ0v) is 12.2. The summed E-state index contributed by atoms with van der Waals surface area (Å²) in [4.78, 5) is 0. The predicted molar refractivity (Wildman–Crippen MR) is 77.5 cm³/mol. The molecule has 19 heavy (non-hydrogen) atoms. The molecule has 1 aromatic rings. The van der Waals surface area contributed by atoms with Gasteiger partial charge in [-0.3, -0.25) is 0 Å². The second-order valence-electron chi connectivity index (χ2n) is 6.58. The zero-order chi connectivity index (χ0) is 14.0. The summed E-state index contributed by atoms with van der Waals surface area (Å²) >= 11 is 0. The first-order valence-electron chi connectivity index (χ1n) is 7.13. The van der Waals surface area contributed by atoms with Crippen LogP contribution in [0.3, 0.4) is 0 Å². The minimum absolute atomic E-state index is 0.0844. The van der Waals surface area contributed by atoms with E-state index in [4.69, 9.17) is 5.73 Å². The standard InChI is InChI=1S/C16H25FN2/c1-11-4-5-14(17)13(8-11)15(10-18)19-12-6-7-16(2,3)9-12/h4-5,8,12,15,19H,6-7,9-10,18H2,1-3H3. The minimum Gasteiger partial charge on any atom is -0.329 e. The van der Waals surface area contributed by atoms with E-state index in [0.717, 1.165) is 18.4 Å². The molecule has 0 heterocycles. The third-order valence-corrected chi connectivity index (χ3v) is 4.17. The normalized spacial score (nSPS) is 23.5. The molecular weight excluding hydrogens is 239 g/mol. The quantitative estimate of drug-likeness (QED) is 0.875. The van der Waals surface area contributed by atoms with E-state index < -0.39 is 0 Å². The lowest BCUT2D eigenvalue weighted by Gasteiger charge is -2.24. The summed E-state index contributed by atoms with van der Waals surface area (Å²) in [6.07, 6.45) is 3.51. The molecule has 0 radical (unpaired) electrons. The fourth-order valence-electron chi connectivity index (χ4n) is 3.08. The molecule has 0 amide bonds. The maximum absolute atomic E-state index is 13.9. The van der Waals surface area contributed by atoms with E-state index in [2.05, 4.69) is 19.2 Å². The molecule has 2 atom stereocenters. The van der Waals surface area contributed by atoms with Crippen molar-refractivity contribution in [3.05, 3.63) is 35.1 Å². The topological polar surface area (TPSA) is 38.0 Å². The van der Waals surface area contributed by atoms with Crippen molar-refractivity contribution >= 4 is 0 Å². The van der Waals surface area contributed by atoms with Crippen LogP contribution in [0, 0.1) is 18.2 Å². The van der Waals surface area contributed by atoms with E-state index >= 15 is 0 Å². The first kappa shape index (κ1) is 14.5. The highest BCUT2D eigenvalue weighted by molar-refractivity contribution is 5.27. The van der Waals surface area contributed by atoms with E-state index in [1.165, 1.54) is 12.5 Å². The highest BCUT2D eigenvalue weighted by atomic mass is 19.1. The van der Waals surface area contributed by atoms with Crippen LogP contribution in [-0.4, -0.2) is 12.6 Å². The Labute approximate surface area is 115 Å². The van der Waals surface area contributed by atoms with Crippen molar-refractivity contribution in [1.29, 1.82) is 0 Å². The number of benzene rings is 1. The van der Waals surface area contributed by atoms with Gasteiger partial charge in [0, 0.05) is 24.2 Å². The van der Waals surface area contributed by atoms with Crippen molar-refractivity contribution in [3.8, 4) is 0 Å². The molecule has 2 nitrogen and oxygen atoms in total. The van der Waals surface area contributed by atoms with Crippen LogP contribution in [0.25, 0.3) is 0 Å². The van der Waals surface area contributed by atoms with Crippen LogP contribution in [0.4, 0.5) is 4.39 Å². The number of hydrogen-bond donors (Lipinski definition) is 2. The summed E-state index contributed by atoms with van der Waals surface area (Å²) in [5, 5.41) is 3.54. The summed E-state index contributed by atoms with van der Waals surface area (Å²) in [5.74, 6) is -0.161. The van der Waals surface area contributed by atoms with Crippen molar-refractivity contribution in [2.45, 2.75) is 52.1 Å². The second-order valence-corrected chi connectivity index (χ2v) is 6.58. The average molecular weight is 264 g/mol. The molecule has 106 valence electrons. The maximum Gasteiger partial charge on any atom is 0.128 e. The van der Waals surface area contributed by atoms with Gasteiger partial charge in [-0.2, -0.15) is 0 Å². The van der Waals surface area contributed by atoms with E-state index in [1.807, 2.05) is 13.0 Å². The third kappa shape index (κ3) is 3.54. The largest absolute Gasteiger partial charge is 0.329 e. The minimum atomic E-state index is -0.161. The van der Waals surface area contributed by atoms with E-state index in [1.54, 1.807) is 6.07 Å². The van der Waals surface area contributed by atoms with Gasteiger partial charge in [0.05, 0.1) is 0 Å². The Morgan fingerprint density at radius 1 is 1.47 bits per heavy atom. The monoisotopic (exact) mass is 264 g/mol. The number of nitrogens with two attached hydrogens (primary N) is 1. The number of aryl methyl sites for hydroxylation is 1. The summed E-state index contributed by atoms with van der Waals surface area (Å²) in [6.45, 7) is 6.99. The fraction of sp³-hybridized carbons (Fsp3) is 0.625. The molecule has 0 aromatic heterocycles. The third-order valence-electron chi connectivity index (χ3n) is 4.17. The van der Waals surface area contributed by atoms with Gasteiger partial charge < -0.3 is 11.1 Å². The van der Waals surface area contributed by atoms with Crippen LogP contribution >= 0.6 is 0 Å². The molecule has 2 unspecified atom stereocenters. The van der Waals surface area contributed by atoms with E-state index in [0.29, 0.717) is 23.6 Å². The molecule has 0 spiro atoms.